The molecule has 6 heterocycles. The molecule has 2 aliphatic rings. The fourth-order valence-electron chi connectivity index (χ4n) is 12.8. The van der Waals surface area contributed by atoms with E-state index < -0.39 is 11.6 Å². The molecule has 10 heteroatoms. The minimum absolute atomic E-state index is 0.0387. The molecule has 0 radical (unpaired) electrons. The van der Waals surface area contributed by atoms with Gasteiger partial charge in [-0.25, -0.2) is 8.78 Å². The van der Waals surface area contributed by atoms with Crippen molar-refractivity contribution in [1.29, 1.82) is 0 Å². The Morgan fingerprint density at radius 3 is 1.01 bits per heavy atom. The van der Waals surface area contributed by atoms with E-state index in [0.717, 1.165) is 74.3 Å². The number of carbonyl (C=O) groups is 2. The summed E-state index contributed by atoms with van der Waals surface area (Å²) < 4.78 is 31.0. The zero-order chi connectivity index (χ0) is 58.3. The third kappa shape index (κ3) is 21.8. The second kappa shape index (κ2) is 39.0. The van der Waals surface area contributed by atoms with Crippen LogP contribution < -0.4 is 0 Å². The molecule has 0 saturated carbocycles. The van der Waals surface area contributed by atoms with Gasteiger partial charge in [0.25, 0.3) is 11.8 Å². The molecule has 2 aliphatic heterocycles. The number of carbonyl (C=O) groups excluding carboxylic acids is 2. The smallest absolute Gasteiger partial charge is 0.261 e. The summed E-state index contributed by atoms with van der Waals surface area (Å²) in [5.41, 5.74) is 2.70. The van der Waals surface area contributed by atoms with E-state index in [1.54, 1.807) is 11.3 Å². The molecular formula is C72H110F2N2O2S4. The van der Waals surface area contributed by atoms with Crippen LogP contribution in [0.15, 0.2) is 47.5 Å². The predicted octanol–water partition coefficient (Wildman–Crippen LogP) is 24.9. The van der Waals surface area contributed by atoms with Gasteiger partial charge in [0.2, 0.25) is 0 Å². The summed E-state index contributed by atoms with van der Waals surface area (Å²) in [7, 11) is 0. The number of rotatable bonds is 48. The number of unbranched alkanes of at least 4 members (excludes halogenated alkanes) is 32. The number of amides is 2. The van der Waals surface area contributed by atoms with Gasteiger partial charge in [0.05, 0.1) is 42.0 Å². The van der Waals surface area contributed by atoms with Crippen LogP contribution in [0.4, 0.5) is 8.78 Å². The van der Waals surface area contributed by atoms with E-state index in [1.165, 1.54) is 269 Å². The first-order valence-electron chi connectivity index (χ1n) is 34.0. The molecule has 2 unspecified atom stereocenters. The lowest BCUT2D eigenvalue weighted by molar-refractivity contribution is -0.124. The number of halogens is 2. The molecule has 0 bridgehead atoms. The molecule has 458 valence electrons. The zero-order valence-electron chi connectivity index (χ0n) is 52.4. The van der Waals surface area contributed by atoms with E-state index in [-0.39, 0.29) is 11.8 Å². The number of hydrogen-bond donors (Lipinski definition) is 0. The van der Waals surface area contributed by atoms with Gasteiger partial charge in [0.1, 0.15) is 11.6 Å². The van der Waals surface area contributed by atoms with Gasteiger partial charge in [-0.2, -0.15) is 0 Å². The molecule has 6 rings (SSSR count). The van der Waals surface area contributed by atoms with Crippen molar-refractivity contribution in [3.05, 3.63) is 78.7 Å². The maximum atomic E-state index is 15.9. The maximum Gasteiger partial charge on any atom is 0.261 e. The largest absolute Gasteiger partial charge is 0.306 e. The van der Waals surface area contributed by atoms with Crippen LogP contribution >= 0.6 is 45.3 Å². The average molecular weight is 1200 g/mol. The highest BCUT2D eigenvalue weighted by Crippen LogP contribution is 2.51. The number of hydrogen-bond acceptors (Lipinski definition) is 6. The van der Waals surface area contributed by atoms with E-state index in [9.17, 15) is 0 Å². The van der Waals surface area contributed by atoms with Crippen LogP contribution in [0.25, 0.3) is 30.9 Å². The summed E-state index contributed by atoms with van der Waals surface area (Å²) in [5, 5.41) is 0. The average Bonchev–Trinajstić information content (AvgIpc) is 2.74. The van der Waals surface area contributed by atoms with E-state index in [1.807, 2.05) is 17.9 Å². The lowest BCUT2D eigenvalue weighted by Gasteiger charge is -2.29. The molecular weight excluding hydrogens is 1090 g/mol. The third-order valence-corrected chi connectivity index (χ3v) is 22.3. The summed E-state index contributed by atoms with van der Waals surface area (Å²) in [6.07, 6.45) is 50.6. The van der Waals surface area contributed by atoms with Crippen molar-refractivity contribution < 1.29 is 18.4 Å². The van der Waals surface area contributed by atoms with Crippen LogP contribution in [-0.4, -0.2) is 34.7 Å². The fraction of sp³-hybridized carbons (Fsp3) is 0.694. The number of aryl methyl sites for hydroxylation is 2. The summed E-state index contributed by atoms with van der Waals surface area (Å²) in [6.45, 7) is 14.3. The first-order valence-corrected chi connectivity index (χ1v) is 37.2. The SMILES string of the molecule is CCCCCCCCCCCCC(CCCCCCCCCC)CN1C(=O)C2=C(c3ccc(-c4cc(F)c(-c5sc(C)cc5F)s4)s3)N(CC(CCCCCCCCCC)CCCCCCCCCCCC)C(=O)C2=C1c1ccc(C)s1. The Hall–Kier alpha value is -2.92. The molecule has 4 aromatic rings. The Morgan fingerprint density at radius 1 is 0.354 bits per heavy atom. The molecule has 82 heavy (non-hydrogen) atoms. The first-order chi connectivity index (χ1) is 40.1. The fourth-order valence-corrected chi connectivity index (χ4v) is 17.0. The second-order valence-electron chi connectivity index (χ2n) is 24.9. The first kappa shape index (κ1) is 68.2. The van der Waals surface area contributed by atoms with Gasteiger partial charge in [-0.15, -0.1) is 45.3 Å². The standard InChI is InChI=1S/C72H110F2N2O2S4/c1-7-11-15-19-23-27-29-33-37-41-44-57(43-39-35-31-25-21-17-13-9-3)53-75-67(62-48-47-55(5)79-62)65-66(72(75)78)68(63-50-49-61(81-63)64-52-60(74)70(82-64)69-59(73)51-56(6)80-69)76(71(65)77)54-58(45-40-36-32-26-22-18-14-10-4)46-42-38-34-30-28-24-20-16-12-8-2/h47-52,57-58H,7-46,53-54H2,1-6H3. The topological polar surface area (TPSA) is 40.6 Å². The van der Waals surface area contributed by atoms with E-state index in [2.05, 4.69) is 57.7 Å². The molecule has 4 aromatic heterocycles. The monoisotopic (exact) mass is 1200 g/mol. The minimum Gasteiger partial charge on any atom is -0.306 e. The molecule has 0 N–H and O–H groups in total. The van der Waals surface area contributed by atoms with Crippen molar-refractivity contribution in [3.8, 4) is 19.5 Å². The molecule has 0 spiro atoms. The van der Waals surface area contributed by atoms with Crippen molar-refractivity contribution in [2.45, 2.75) is 298 Å². The predicted molar refractivity (Wildman–Crippen MR) is 356 cm³/mol. The molecule has 2 amide bonds. The van der Waals surface area contributed by atoms with Crippen molar-refractivity contribution in [2.24, 2.45) is 11.8 Å². The Bertz CT molecular complexity index is 2510. The summed E-state index contributed by atoms with van der Waals surface area (Å²) in [6, 6.07) is 11.4. The van der Waals surface area contributed by atoms with E-state index >= 15 is 18.4 Å². The van der Waals surface area contributed by atoms with Gasteiger partial charge in [0, 0.05) is 32.6 Å². The van der Waals surface area contributed by atoms with Gasteiger partial charge in [-0.05, 0) is 87.8 Å². The summed E-state index contributed by atoms with van der Waals surface area (Å²) >= 11 is 5.79. The molecule has 2 atom stereocenters. The van der Waals surface area contributed by atoms with Crippen LogP contribution in [0.3, 0.4) is 0 Å². The van der Waals surface area contributed by atoms with Gasteiger partial charge >= 0.3 is 0 Å². The lowest BCUT2D eigenvalue weighted by Crippen LogP contribution is -2.34. The highest BCUT2D eigenvalue weighted by molar-refractivity contribution is 7.26. The van der Waals surface area contributed by atoms with Crippen molar-refractivity contribution in [1.82, 2.24) is 9.80 Å². The Balaban J connectivity index is 1.32. The molecule has 0 saturated heterocycles. The van der Waals surface area contributed by atoms with Crippen LogP contribution in [-0.2, 0) is 9.59 Å². The minimum atomic E-state index is -0.423. The number of nitrogens with zero attached hydrogens (tertiary/aromatic N) is 2. The Morgan fingerprint density at radius 2 is 0.671 bits per heavy atom. The zero-order valence-corrected chi connectivity index (χ0v) is 55.7. The quantitative estimate of drug-likeness (QED) is 0.0414. The van der Waals surface area contributed by atoms with Gasteiger partial charge in [0.15, 0.2) is 0 Å². The Labute approximate surface area is 514 Å². The molecule has 0 aliphatic carbocycles. The normalized spacial score (nSPS) is 14.5. The third-order valence-electron chi connectivity index (χ3n) is 17.7. The van der Waals surface area contributed by atoms with Gasteiger partial charge < -0.3 is 9.80 Å². The summed E-state index contributed by atoms with van der Waals surface area (Å²) in [5.74, 6) is -0.244. The summed E-state index contributed by atoms with van der Waals surface area (Å²) in [4.78, 5) is 42.0. The number of fused-ring (bicyclic) bond motifs is 1. The van der Waals surface area contributed by atoms with Crippen LogP contribution in [0.5, 0.6) is 0 Å². The van der Waals surface area contributed by atoms with Crippen LogP contribution in [0.2, 0.25) is 0 Å². The maximum absolute atomic E-state index is 15.9. The highest BCUT2D eigenvalue weighted by atomic mass is 32.1. The second-order valence-corrected chi connectivity index (χ2v) is 29.6. The van der Waals surface area contributed by atoms with Crippen molar-refractivity contribution >= 4 is 68.6 Å². The van der Waals surface area contributed by atoms with Crippen LogP contribution in [0.1, 0.15) is 304 Å². The molecule has 4 nitrogen and oxygen atoms in total. The Kier molecular flexibility index (Phi) is 32.4. The molecule has 0 fully saturated rings. The van der Waals surface area contributed by atoms with E-state index in [0.29, 0.717) is 45.8 Å². The van der Waals surface area contributed by atoms with Crippen molar-refractivity contribution in [2.75, 3.05) is 13.1 Å². The highest BCUT2D eigenvalue weighted by Gasteiger charge is 2.50. The van der Waals surface area contributed by atoms with E-state index in [4.69, 9.17) is 0 Å². The lowest BCUT2D eigenvalue weighted by atomic mass is 9.93. The van der Waals surface area contributed by atoms with Crippen molar-refractivity contribution in [3.63, 3.8) is 0 Å². The van der Waals surface area contributed by atoms with Gasteiger partial charge in [-0.3, -0.25) is 9.59 Å². The molecule has 0 aromatic carbocycles. The number of thiophene rings is 4. The van der Waals surface area contributed by atoms with Crippen LogP contribution in [0, 0.1) is 37.3 Å². The van der Waals surface area contributed by atoms with Gasteiger partial charge in [-0.1, -0.05) is 259 Å².